The normalized spacial score (nSPS) is 12.5. The average molecular weight is 420 g/mol. The lowest BCUT2D eigenvalue weighted by Crippen LogP contribution is -2.50. The number of rotatable bonds is 8. The second kappa shape index (κ2) is 9.19. The first-order valence-corrected chi connectivity index (χ1v) is 9.37. The Morgan fingerprint density at radius 2 is 1.58 bits per heavy atom. The predicted molar refractivity (Wildman–Crippen MR) is 112 cm³/mol. The summed E-state index contributed by atoms with van der Waals surface area (Å²) in [4.78, 5) is 39.6. The molecule has 1 atom stereocenters. The molecule has 8 heteroatoms. The van der Waals surface area contributed by atoms with E-state index in [1.165, 1.54) is 24.4 Å². The molecule has 0 fully saturated rings. The smallest absolute Gasteiger partial charge is 0.337 e. The molecule has 4 N–H and O–H groups in total. The predicted octanol–water partition coefficient (Wildman–Crippen LogP) is 2.23. The molecule has 0 aliphatic rings. The van der Waals surface area contributed by atoms with E-state index in [2.05, 4.69) is 10.3 Å². The lowest BCUT2D eigenvalue weighted by molar-refractivity contribution is -0.157. The number of carbonyl (C=O) groups excluding carboxylic acids is 1. The number of pyridine rings is 1. The van der Waals surface area contributed by atoms with Gasteiger partial charge in [0.15, 0.2) is 5.60 Å². The molecule has 3 aromatic rings. The quantitative estimate of drug-likeness (QED) is 0.439. The van der Waals surface area contributed by atoms with Crippen molar-refractivity contribution in [3.8, 4) is 11.3 Å². The number of hydrogen-bond acceptors (Lipinski definition) is 5. The fourth-order valence-electron chi connectivity index (χ4n) is 3.06. The van der Waals surface area contributed by atoms with Crippen molar-refractivity contribution in [2.45, 2.75) is 12.0 Å². The molecule has 31 heavy (non-hydrogen) atoms. The van der Waals surface area contributed by atoms with Crippen LogP contribution in [0.3, 0.4) is 0 Å². The Morgan fingerprint density at radius 3 is 2.19 bits per heavy atom. The van der Waals surface area contributed by atoms with Crippen LogP contribution in [0.25, 0.3) is 11.3 Å². The summed E-state index contributed by atoms with van der Waals surface area (Å²) in [6, 6.07) is 17.9. The SMILES string of the molecule is O=C(NC[C@@](O)(Cc1ccccc1)C(=O)O)c1ccc(-c2ccccc2C(=O)O)nc1. The van der Waals surface area contributed by atoms with Gasteiger partial charge in [0, 0.05) is 18.2 Å². The number of aliphatic carboxylic acids is 1. The Hall–Kier alpha value is -4.04. The largest absolute Gasteiger partial charge is 0.479 e. The van der Waals surface area contributed by atoms with Crippen LogP contribution in [0.4, 0.5) is 0 Å². The molecule has 2 aromatic carbocycles. The molecule has 1 aromatic heterocycles. The summed E-state index contributed by atoms with van der Waals surface area (Å²) in [6.07, 6.45) is 1.09. The zero-order chi connectivity index (χ0) is 22.4. The van der Waals surface area contributed by atoms with Gasteiger partial charge in [-0.2, -0.15) is 0 Å². The zero-order valence-corrected chi connectivity index (χ0v) is 16.4. The molecule has 3 rings (SSSR count). The molecule has 0 radical (unpaired) electrons. The van der Waals surface area contributed by atoms with Crippen molar-refractivity contribution >= 4 is 17.8 Å². The monoisotopic (exact) mass is 420 g/mol. The van der Waals surface area contributed by atoms with Crippen LogP contribution in [0.15, 0.2) is 72.9 Å². The third-order valence-electron chi connectivity index (χ3n) is 4.74. The van der Waals surface area contributed by atoms with Crippen LogP contribution in [0.5, 0.6) is 0 Å². The van der Waals surface area contributed by atoms with Crippen LogP contribution < -0.4 is 5.32 Å². The third-order valence-corrected chi connectivity index (χ3v) is 4.74. The van der Waals surface area contributed by atoms with E-state index in [0.717, 1.165) is 0 Å². The Labute approximate surface area is 177 Å². The molecule has 0 aliphatic carbocycles. The van der Waals surface area contributed by atoms with E-state index in [-0.39, 0.29) is 17.5 Å². The highest BCUT2D eigenvalue weighted by Crippen LogP contribution is 2.22. The highest BCUT2D eigenvalue weighted by Gasteiger charge is 2.36. The number of aromatic nitrogens is 1. The van der Waals surface area contributed by atoms with E-state index in [4.69, 9.17) is 0 Å². The van der Waals surface area contributed by atoms with Gasteiger partial charge in [0.2, 0.25) is 0 Å². The topological polar surface area (TPSA) is 137 Å². The molecule has 1 heterocycles. The molecule has 8 nitrogen and oxygen atoms in total. The minimum Gasteiger partial charge on any atom is -0.479 e. The summed E-state index contributed by atoms with van der Waals surface area (Å²) in [5.41, 5.74) is -0.552. The minimum absolute atomic E-state index is 0.0830. The van der Waals surface area contributed by atoms with Crippen LogP contribution in [0.1, 0.15) is 26.3 Å². The van der Waals surface area contributed by atoms with Gasteiger partial charge >= 0.3 is 11.9 Å². The van der Waals surface area contributed by atoms with Gasteiger partial charge in [0.25, 0.3) is 5.91 Å². The summed E-state index contributed by atoms with van der Waals surface area (Å²) < 4.78 is 0. The maximum Gasteiger partial charge on any atom is 0.337 e. The van der Waals surface area contributed by atoms with Gasteiger partial charge in [-0.1, -0.05) is 48.5 Å². The first kappa shape index (κ1) is 21.7. The van der Waals surface area contributed by atoms with Crippen molar-refractivity contribution in [3.63, 3.8) is 0 Å². The van der Waals surface area contributed by atoms with E-state index in [0.29, 0.717) is 16.8 Å². The van der Waals surface area contributed by atoms with Gasteiger partial charge in [-0.3, -0.25) is 9.78 Å². The second-order valence-electron chi connectivity index (χ2n) is 6.96. The minimum atomic E-state index is -2.18. The highest BCUT2D eigenvalue weighted by atomic mass is 16.4. The van der Waals surface area contributed by atoms with E-state index < -0.39 is 30.0 Å². The third kappa shape index (κ3) is 5.12. The second-order valence-corrected chi connectivity index (χ2v) is 6.96. The van der Waals surface area contributed by atoms with Crippen LogP contribution in [0.2, 0.25) is 0 Å². The molecule has 0 saturated carbocycles. The number of hydrogen-bond donors (Lipinski definition) is 4. The summed E-state index contributed by atoms with van der Waals surface area (Å²) in [7, 11) is 0. The number of nitrogens with one attached hydrogen (secondary N) is 1. The number of aromatic carboxylic acids is 1. The Kier molecular flexibility index (Phi) is 6.42. The summed E-state index contributed by atoms with van der Waals surface area (Å²) in [6.45, 7) is -0.500. The van der Waals surface area contributed by atoms with Crippen molar-refractivity contribution < 1.29 is 29.7 Å². The average Bonchev–Trinajstić information content (AvgIpc) is 2.78. The Morgan fingerprint density at radius 1 is 0.903 bits per heavy atom. The summed E-state index contributed by atoms with van der Waals surface area (Å²) in [5.74, 6) is -3.15. The van der Waals surface area contributed by atoms with Crippen LogP contribution in [-0.4, -0.2) is 50.3 Å². The number of carboxylic acid groups (broad SMARTS) is 2. The van der Waals surface area contributed by atoms with Crippen molar-refractivity contribution in [1.29, 1.82) is 0 Å². The van der Waals surface area contributed by atoms with Crippen molar-refractivity contribution in [1.82, 2.24) is 10.3 Å². The molecular weight excluding hydrogens is 400 g/mol. The lowest BCUT2D eigenvalue weighted by Gasteiger charge is -2.24. The first-order chi connectivity index (χ1) is 14.8. The maximum absolute atomic E-state index is 12.4. The molecule has 158 valence electrons. The Bertz CT molecular complexity index is 1100. The van der Waals surface area contributed by atoms with Crippen molar-refractivity contribution in [3.05, 3.63) is 89.6 Å². The number of nitrogens with zero attached hydrogens (tertiary/aromatic N) is 1. The standard InChI is InChI=1S/C23H20N2O6/c26-20(25-14-23(31,22(29)30)12-15-6-2-1-3-7-15)16-10-11-19(24-13-16)17-8-4-5-9-18(17)21(27)28/h1-11,13,31H,12,14H2,(H,25,26)(H,27,28)(H,29,30)/t23-/m0/s1. The van der Waals surface area contributed by atoms with Crippen molar-refractivity contribution in [2.24, 2.45) is 0 Å². The molecule has 0 saturated heterocycles. The fourth-order valence-corrected chi connectivity index (χ4v) is 3.06. The van der Waals surface area contributed by atoms with Gasteiger partial charge in [0.05, 0.1) is 23.4 Å². The van der Waals surface area contributed by atoms with Gasteiger partial charge < -0.3 is 20.6 Å². The summed E-state index contributed by atoms with van der Waals surface area (Å²) >= 11 is 0. The van der Waals surface area contributed by atoms with Crippen LogP contribution in [-0.2, 0) is 11.2 Å². The van der Waals surface area contributed by atoms with Gasteiger partial charge in [0.1, 0.15) is 0 Å². The van der Waals surface area contributed by atoms with E-state index in [9.17, 15) is 29.7 Å². The molecule has 0 aliphatic heterocycles. The van der Waals surface area contributed by atoms with E-state index >= 15 is 0 Å². The van der Waals surface area contributed by atoms with E-state index in [1.54, 1.807) is 48.5 Å². The number of aliphatic hydroxyl groups is 1. The van der Waals surface area contributed by atoms with Gasteiger partial charge in [-0.15, -0.1) is 0 Å². The highest BCUT2D eigenvalue weighted by molar-refractivity contribution is 5.97. The summed E-state index contributed by atoms with van der Waals surface area (Å²) in [5, 5.41) is 31.7. The lowest BCUT2D eigenvalue weighted by atomic mass is 9.94. The van der Waals surface area contributed by atoms with Crippen molar-refractivity contribution in [2.75, 3.05) is 6.54 Å². The van der Waals surface area contributed by atoms with Crippen LogP contribution in [0, 0.1) is 0 Å². The molecule has 0 spiro atoms. The first-order valence-electron chi connectivity index (χ1n) is 9.37. The van der Waals surface area contributed by atoms with Gasteiger partial charge in [-0.05, 0) is 23.8 Å². The van der Waals surface area contributed by atoms with Crippen LogP contribution >= 0.6 is 0 Å². The molecular formula is C23H20N2O6. The number of carbonyl (C=O) groups is 3. The number of amides is 1. The number of benzene rings is 2. The molecule has 0 unspecified atom stereocenters. The molecule has 1 amide bonds. The zero-order valence-electron chi connectivity index (χ0n) is 16.4. The molecule has 0 bridgehead atoms. The Balaban J connectivity index is 1.72. The van der Waals surface area contributed by atoms with E-state index in [1.807, 2.05) is 0 Å². The fraction of sp³-hybridized carbons (Fsp3) is 0.130. The maximum atomic E-state index is 12.4. The van der Waals surface area contributed by atoms with Gasteiger partial charge in [-0.25, -0.2) is 9.59 Å². The number of carboxylic acids is 2.